The average molecular weight is 288 g/mol. The summed E-state index contributed by atoms with van der Waals surface area (Å²) in [4.78, 5) is 4.69. The molecule has 0 N–H and O–H groups in total. The number of fused-ring (bicyclic) bond motifs is 1. The first-order valence-electron chi connectivity index (χ1n) is 5.97. The van der Waals surface area contributed by atoms with E-state index in [0.29, 0.717) is 10.0 Å². The molecule has 0 amide bonds. The van der Waals surface area contributed by atoms with Crippen molar-refractivity contribution in [3.05, 3.63) is 64.1 Å². The minimum Gasteiger partial charge on any atom is -0.246 e. The van der Waals surface area contributed by atoms with Crippen LogP contribution in [0.15, 0.2) is 48.5 Å². The molecule has 1 aromatic heterocycles. The van der Waals surface area contributed by atoms with Gasteiger partial charge in [0.1, 0.15) is 0 Å². The Kier molecular flexibility index (Phi) is 3.17. The van der Waals surface area contributed by atoms with Crippen molar-refractivity contribution >= 4 is 34.1 Å². The van der Waals surface area contributed by atoms with E-state index in [2.05, 4.69) is 11.1 Å². The van der Waals surface area contributed by atoms with E-state index in [-0.39, 0.29) is 0 Å². The summed E-state index contributed by atoms with van der Waals surface area (Å²) in [5, 5.41) is 2.40. The zero-order valence-electron chi connectivity index (χ0n) is 10.3. The van der Waals surface area contributed by atoms with Crippen molar-refractivity contribution in [3.8, 4) is 11.3 Å². The molecule has 0 bridgehead atoms. The van der Waals surface area contributed by atoms with Crippen LogP contribution < -0.4 is 0 Å². The van der Waals surface area contributed by atoms with Crippen molar-refractivity contribution in [1.29, 1.82) is 0 Å². The number of halogens is 2. The summed E-state index contributed by atoms with van der Waals surface area (Å²) >= 11 is 12.5. The van der Waals surface area contributed by atoms with Gasteiger partial charge in [0.25, 0.3) is 0 Å². The lowest BCUT2D eigenvalue weighted by Gasteiger charge is -2.09. The largest absolute Gasteiger partial charge is 0.246 e. The molecule has 3 aromatic rings. The van der Waals surface area contributed by atoms with Gasteiger partial charge < -0.3 is 0 Å². The van der Waals surface area contributed by atoms with Crippen molar-refractivity contribution in [2.24, 2.45) is 0 Å². The quantitative estimate of drug-likeness (QED) is 0.574. The Hall–Kier alpha value is -1.57. The summed E-state index contributed by atoms with van der Waals surface area (Å²) in [5.74, 6) is 0. The summed E-state index contributed by atoms with van der Waals surface area (Å²) in [5.41, 5.74) is 3.71. The van der Waals surface area contributed by atoms with Gasteiger partial charge in [0.15, 0.2) is 0 Å². The first-order valence-corrected chi connectivity index (χ1v) is 6.73. The van der Waals surface area contributed by atoms with E-state index in [0.717, 1.165) is 27.7 Å². The fourth-order valence-corrected chi connectivity index (χ4v) is 2.64. The number of aryl methyl sites for hydroxylation is 1. The van der Waals surface area contributed by atoms with E-state index >= 15 is 0 Å². The van der Waals surface area contributed by atoms with Crippen molar-refractivity contribution in [2.75, 3.05) is 0 Å². The van der Waals surface area contributed by atoms with Gasteiger partial charge in [-0.15, -0.1) is 0 Å². The molecule has 0 atom stereocenters. The minimum atomic E-state index is 0.658. The molecule has 0 spiro atoms. The van der Waals surface area contributed by atoms with Crippen LogP contribution in [0.2, 0.25) is 10.0 Å². The smallest absolute Gasteiger partial charge is 0.0895 e. The van der Waals surface area contributed by atoms with Crippen molar-refractivity contribution in [2.45, 2.75) is 6.92 Å². The highest BCUT2D eigenvalue weighted by atomic mass is 35.5. The van der Waals surface area contributed by atoms with Gasteiger partial charge in [-0.25, -0.2) is 4.98 Å². The highest BCUT2D eigenvalue weighted by molar-refractivity contribution is 6.35. The van der Waals surface area contributed by atoms with Gasteiger partial charge >= 0.3 is 0 Å². The van der Waals surface area contributed by atoms with Crippen LogP contribution in [0.4, 0.5) is 0 Å². The highest BCUT2D eigenvalue weighted by Crippen LogP contribution is 2.32. The second-order valence-electron chi connectivity index (χ2n) is 4.45. The van der Waals surface area contributed by atoms with Crippen LogP contribution in [0.3, 0.4) is 0 Å². The molecule has 2 aromatic carbocycles. The molecule has 0 radical (unpaired) electrons. The SMILES string of the molecule is Cc1cc2cccc(Cl)c2nc1-c1ccccc1Cl. The van der Waals surface area contributed by atoms with Gasteiger partial charge in [-0.1, -0.05) is 53.5 Å². The van der Waals surface area contributed by atoms with E-state index in [9.17, 15) is 0 Å². The zero-order chi connectivity index (χ0) is 13.4. The van der Waals surface area contributed by atoms with Crippen LogP contribution in [0.1, 0.15) is 5.56 Å². The number of rotatable bonds is 1. The van der Waals surface area contributed by atoms with Gasteiger partial charge in [0, 0.05) is 16.0 Å². The molecule has 94 valence electrons. The van der Waals surface area contributed by atoms with E-state index in [1.807, 2.05) is 49.4 Å². The van der Waals surface area contributed by atoms with Crippen LogP contribution in [0.5, 0.6) is 0 Å². The molecular formula is C16H11Cl2N. The fraction of sp³-hybridized carbons (Fsp3) is 0.0625. The summed E-state index contributed by atoms with van der Waals surface area (Å²) in [6.07, 6.45) is 0. The van der Waals surface area contributed by atoms with Crippen LogP contribution in [-0.2, 0) is 0 Å². The van der Waals surface area contributed by atoms with E-state index in [4.69, 9.17) is 23.2 Å². The third-order valence-electron chi connectivity index (χ3n) is 3.12. The number of para-hydroxylation sites is 1. The van der Waals surface area contributed by atoms with Crippen molar-refractivity contribution < 1.29 is 0 Å². The zero-order valence-corrected chi connectivity index (χ0v) is 11.8. The van der Waals surface area contributed by atoms with Crippen molar-refractivity contribution in [1.82, 2.24) is 4.98 Å². The topological polar surface area (TPSA) is 12.9 Å². The monoisotopic (exact) mass is 287 g/mol. The Bertz CT molecular complexity index is 766. The molecule has 0 aliphatic rings. The molecular weight excluding hydrogens is 277 g/mol. The number of aromatic nitrogens is 1. The van der Waals surface area contributed by atoms with Gasteiger partial charge in [0.2, 0.25) is 0 Å². The number of nitrogens with zero attached hydrogens (tertiary/aromatic N) is 1. The normalized spacial score (nSPS) is 10.9. The van der Waals surface area contributed by atoms with E-state index in [1.54, 1.807) is 0 Å². The first-order chi connectivity index (χ1) is 9.16. The van der Waals surface area contributed by atoms with Gasteiger partial charge in [-0.05, 0) is 30.7 Å². The lowest BCUT2D eigenvalue weighted by Crippen LogP contribution is -1.91. The van der Waals surface area contributed by atoms with Crippen LogP contribution in [0.25, 0.3) is 22.2 Å². The first kappa shape index (κ1) is 12.5. The molecule has 0 aliphatic heterocycles. The maximum Gasteiger partial charge on any atom is 0.0895 e. The second kappa shape index (κ2) is 4.84. The Morgan fingerprint density at radius 1 is 0.895 bits per heavy atom. The number of hydrogen-bond donors (Lipinski definition) is 0. The average Bonchev–Trinajstić information content (AvgIpc) is 2.39. The molecule has 0 saturated carbocycles. The number of benzene rings is 2. The molecule has 1 nitrogen and oxygen atoms in total. The van der Waals surface area contributed by atoms with Crippen LogP contribution in [0, 0.1) is 6.92 Å². The van der Waals surface area contributed by atoms with Gasteiger partial charge in [-0.2, -0.15) is 0 Å². The minimum absolute atomic E-state index is 0.658. The number of hydrogen-bond acceptors (Lipinski definition) is 1. The third-order valence-corrected chi connectivity index (χ3v) is 3.75. The molecule has 0 saturated heterocycles. The molecule has 3 heteroatoms. The predicted octanol–water partition coefficient (Wildman–Crippen LogP) is 5.52. The summed E-state index contributed by atoms with van der Waals surface area (Å²) < 4.78 is 0. The van der Waals surface area contributed by atoms with Crippen LogP contribution in [-0.4, -0.2) is 4.98 Å². The molecule has 3 rings (SSSR count). The molecule has 1 heterocycles. The summed E-state index contributed by atoms with van der Waals surface area (Å²) in [7, 11) is 0. The summed E-state index contributed by atoms with van der Waals surface area (Å²) in [6.45, 7) is 2.03. The van der Waals surface area contributed by atoms with E-state index < -0.39 is 0 Å². The third kappa shape index (κ3) is 2.20. The van der Waals surface area contributed by atoms with E-state index in [1.165, 1.54) is 0 Å². The van der Waals surface area contributed by atoms with Gasteiger partial charge in [0.05, 0.1) is 16.2 Å². The molecule has 19 heavy (non-hydrogen) atoms. The Balaban J connectivity index is 2.33. The van der Waals surface area contributed by atoms with Crippen molar-refractivity contribution in [3.63, 3.8) is 0 Å². The maximum atomic E-state index is 6.25. The molecule has 0 fully saturated rings. The lowest BCUT2D eigenvalue weighted by atomic mass is 10.0. The Morgan fingerprint density at radius 3 is 2.42 bits per heavy atom. The van der Waals surface area contributed by atoms with Gasteiger partial charge in [-0.3, -0.25) is 0 Å². The summed E-state index contributed by atoms with van der Waals surface area (Å²) in [6, 6.07) is 15.6. The Labute approximate surface area is 121 Å². The maximum absolute atomic E-state index is 6.25. The fourth-order valence-electron chi connectivity index (χ4n) is 2.19. The predicted molar refractivity (Wildman–Crippen MR) is 81.9 cm³/mol. The number of pyridine rings is 1. The van der Waals surface area contributed by atoms with Crippen LogP contribution >= 0.6 is 23.2 Å². The lowest BCUT2D eigenvalue weighted by molar-refractivity contribution is 1.33. The second-order valence-corrected chi connectivity index (χ2v) is 5.26. The molecule has 0 unspecified atom stereocenters. The standard InChI is InChI=1S/C16H11Cl2N/c1-10-9-11-5-4-8-14(18)16(11)19-15(10)12-6-2-3-7-13(12)17/h2-9H,1H3. The molecule has 0 aliphatic carbocycles. The highest BCUT2D eigenvalue weighted by Gasteiger charge is 2.10. The Morgan fingerprint density at radius 2 is 1.63 bits per heavy atom.